The summed E-state index contributed by atoms with van der Waals surface area (Å²) in [4.78, 5) is 12.5. The first-order valence-electron chi connectivity index (χ1n) is 18.3. The second-order valence-electron chi connectivity index (χ2n) is 12.6. The summed E-state index contributed by atoms with van der Waals surface area (Å²) in [6, 6.07) is -1.23. The number of amides is 1. The fourth-order valence-corrected chi connectivity index (χ4v) is 6.11. The van der Waals surface area contributed by atoms with E-state index in [-0.39, 0.29) is 6.42 Å². The molecule has 0 aromatic carbocycles. The number of allylic oxidation sites excluding steroid dienone is 5. The minimum atomic E-state index is -4.43. The molecular formula is C37H69NO6S. The predicted octanol–water partition coefficient (Wildman–Crippen LogP) is 9.15. The second kappa shape index (κ2) is 31.1. The molecule has 0 saturated carbocycles. The Morgan fingerprint density at radius 3 is 1.62 bits per heavy atom. The van der Waals surface area contributed by atoms with E-state index in [1.807, 2.05) is 0 Å². The summed E-state index contributed by atoms with van der Waals surface area (Å²) in [5, 5.41) is 23.2. The van der Waals surface area contributed by atoms with Crippen LogP contribution < -0.4 is 5.32 Å². The number of carbonyl (C=O) groups is 1. The lowest BCUT2D eigenvalue weighted by atomic mass is 10.0. The highest BCUT2D eigenvalue weighted by Gasteiger charge is 2.27. The van der Waals surface area contributed by atoms with Gasteiger partial charge < -0.3 is 15.5 Å². The van der Waals surface area contributed by atoms with Gasteiger partial charge in [0.2, 0.25) is 5.91 Å². The van der Waals surface area contributed by atoms with Crippen molar-refractivity contribution in [3.63, 3.8) is 0 Å². The number of carbonyl (C=O) groups excluding carboxylic acids is 1. The highest BCUT2D eigenvalue weighted by atomic mass is 32.2. The molecule has 0 aliphatic rings. The molecule has 3 unspecified atom stereocenters. The van der Waals surface area contributed by atoms with E-state index in [2.05, 4.69) is 43.5 Å². The number of unbranched alkanes of at least 4 members (excludes halogenated alkanes) is 19. The average molecular weight is 656 g/mol. The molecule has 0 rings (SSSR count). The molecule has 4 N–H and O–H groups in total. The Bertz CT molecular complexity index is 870. The summed E-state index contributed by atoms with van der Waals surface area (Å²) in [5.74, 6) is -1.54. The molecule has 0 saturated heterocycles. The van der Waals surface area contributed by atoms with Gasteiger partial charge in [-0.2, -0.15) is 8.42 Å². The van der Waals surface area contributed by atoms with Gasteiger partial charge in [-0.25, -0.2) is 0 Å². The first-order valence-corrected chi connectivity index (χ1v) is 19.9. The summed E-state index contributed by atoms with van der Waals surface area (Å²) in [6.45, 7) is 4.33. The van der Waals surface area contributed by atoms with Gasteiger partial charge in [0.05, 0.1) is 17.9 Å². The largest absolute Gasteiger partial charge is 0.387 e. The standard InChI is InChI=1S/C37H69NO6S/c1-3-5-7-9-11-13-14-15-16-17-18-19-20-21-22-23-24-26-28-30-32-36(40)37(41)38-34(33-45(42,43)44)35(39)31-29-27-25-12-10-8-6-4-2/h5,7,11,13,29,31,34-36,39-40H,3-4,6,8-10,12,14-28,30,32-33H2,1-2H3,(H,38,41)(H,42,43,44)/b7-5-,13-11-,31-29+. The van der Waals surface area contributed by atoms with Gasteiger partial charge in [-0.3, -0.25) is 9.35 Å². The number of aliphatic hydroxyl groups excluding tert-OH is 2. The smallest absolute Gasteiger partial charge is 0.267 e. The SMILES string of the molecule is CC/C=C\C/C=C\CCCCCCCCCCCCCCCC(O)C(=O)NC(CS(=O)(=O)O)C(O)/C=C/CCCCCCCC. The molecule has 45 heavy (non-hydrogen) atoms. The maximum atomic E-state index is 12.5. The van der Waals surface area contributed by atoms with Gasteiger partial charge in [0.1, 0.15) is 6.10 Å². The average Bonchev–Trinajstić information content (AvgIpc) is 3.00. The Hall–Kier alpha value is -1.48. The Labute approximate surface area is 277 Å². The van der Waals surface area contributed by atoms with Crippen LogP contribution in [0.5, 0.6) is 0 Å². The van der Waals surface area contributed by atoms with E-state index in [9.17, 15) is 28.0 Å². The zero-order chi connectivity index (χ0) is 33.4. The first kappa shape index (κ1) is 43.5. The summed E-state index contributed by atoms with van der Waals surface area (Å²) in [5.41, 5.74) is 0. The van der Waals surface area contributed by atoms with Crippen LogP contribution in [0.2, 0.25) is 0 Å². The molecule has 8 heteroatoms. The zero-order valence-corrected chi connectivity index (χ0v) is 29.7. The predicted molar refractivity (Wildman–Crippen MR) is 190 cm³/mol. The van der Waals surface area contributed by atoms with Crippen molar-refractivity contribution >= 4 is 16.0 Å². The quantitative estimate of drug-likeness (QED) is 0.0326. The van der Waals surface area contributed by atoms with Crippen LogP contribution in [0.25, 0.3) is 0 Å². The van der Waals surface area contributed by atoms with E-state index >= 15 is 0 Å². The molecule has 0 aromatic rings. The minimum absolute atomic E-state index is 0.279. The molecule has 0 radical (unpaired) electrons. The van der Waals surface area contributed by atoms with Crippen LogP contribution in [-0.4, -0.2) is 53.1 Å². The van der Waals surface area contributed by atoms with Crippen LogP contribution in [0.3, 0.4) is 0 Å². The van der Waals surface area contributed by atoms with Crippen LogP contribution in [0.15, 0.2) is 36.5 Å². The van der Waals surface area contributed by atoms with Gasteiger partial charge in [-0.15, -0.1) is 0 Å². The topological polar surface area (TPSA) is 124 Å². The van der Waals surface area contributed by atoms with E-state index in [1.165, 1.54) is 96.0 Å². The zero-order valence-electron chi connectivity index (χ0n) is 28.8. The highest BCUT2D eigenvalue weighted by molar-refractivity contribution is 7.85. The van der Waals surface area contributed by atoms with Crippen molar-refractivity contribution in [2.75, 3.05) is 5.75 Å². The van der Waals surface area contributed by atoms with Gasteiger partial charge in [0.15, 0.2) is 0 Å². The molecule has 0 heterocycles. The van der Waals surface area contributed by atoms with Gasteiger partial charge >= 0.3 is 0 Å². The van der Waals surface area contributed by atoms with Crippen molar-refractivity contribution in [2.24, 2.45) is 0 Å². The van der Waals surface area contributed by atoms with Gasteiger partial charge in [0.25, 0.3) is 10.1 Å². The fraction of sp³-hybridized carbons (Fsp3) is 0.811. The monoisotopic (exact) mass is 655 g/mol. The molecule has 0 fully saturated rings. The van der Waals surface area contributed by atoms with Crippen LogP contribution in [0.1, 0.15) is 168 Å². The first-order chi connectivity index (χ1) is 21.7. The maximum absolute atomic E-state index is 12.5. The molecule has 0 aliphatic carbocycles. The third-order valence-electron chi connectivity index (χ3n) is 8.18. The lowest BCUT2D eigenvalue weighted by Crippen LogP contribution is -2.50. The van der Waals surface area contributed by atoms with Crippen molar-refractivity contribution in [3.05, 3.63) is 36.5 Å². The molecule has 264 valence electrons. The molecule has 0 bridgehead atoms. The Balaban J connectivity index is 3.95. The molecule has 3 atom stereocenters. The number of hydrogen-bond acceptors (Lipinski definition) is 5. The molecule has 0 aromatic heterocycles. The highest BCUT2D eigenvalue weighted by Crippen LogP contribution is 2.14. The van der Waals surface area contributed by atoms with E-state index < -0.39 is 40.0 Å². The third-order valence-corrected chi connectivity index (χ3v) is 8.96. The molecule has 0 aliphatic heterocycles. The van der Waals surface area contributed by atoms with Crippen molar-refractivity contribution in [3.8, 4) is 0 Å². The van der Waals surface area contributed by atoms with E-state index in [0.717, 1.165) is 51.4 Å². The van der Waals surface area contributed by atoms with Crippen LogP contribution in [-0.2, 0) is 14.9 Å². The summed E-state index contributed by atoms with van der Waals surface area (Å²) >= 11 is 0. The summed E-state index contributed by atoms with van der Waals surface area (Å²) in [7, 11) is -4.43. The molecule has 0 spiro atoms. The Kier molecular flexibility index (Phi) is 30.1. The maximum Gasteiger partial charge on any atom is 0.267 e. The molecule has 1 amide bonds. The number of hydrogen-bond donors (Lipinski definition) is 4. The summed E-state index contributed by atoms with van der Waals surface area (Å²) in [6.07, 6.45) is 36.5. The van der Waals surface area contributed by atoms with E-state index in [0.29, 0.717) is 6.42 Å². The minimum Gasteiger partial charge on any atom is -0.387 e. The van der Waals surface area contributed by atoms with Crippen molar-refractivity contribution in [2.45, 2.75) is 186 Å². The van der Waals surface area contributed by atoms with E-state index in [4.69, 9.17) is 0 Å². The van der Waals surface area contributed by atoms with Gasteiger partial charge in [0, 0.05) is 0 Å². The van der Waals surface area contributed by atoms with E-state index in [1.54, 1.807) is 6.08 Å². The van der Waals surface area contributed by atoms with Gasteiger partial charge in [-0.1, -0.05) is 159 Å². The lowest BCUT2D eigenvalue weighted by Gasteiger charge is -2.22. The van der Waals surface area contributed by atoms with Crippen LogP contribution in [0, 0.1) is 0 Å². The normalized spacial score (nSPS) is 14.5. The van der Waals surface area contributed by atoms with Gasteiger partial charge in [-0.05, 0) is 44.9 Å². The Morgan fingerprint density at radius 1 is 0.644 bits per heavy atom. The number of nitrogens with one attached hydrogen (secondary N) is 1. The molecule has 7 nitrogen and oxygen atoms in total. The fourth-order valence-electron chi connectivity index (χ4n) is 5.37. The van der Waals surface area contributed by atoms with Crippen molar-refractivity contribution in [1.29, 1.82) is 0 Å². The second-order valence-corrected chi connectivity index (χ2v) is 14.1. The number of rotatable bonds is 32. The molecular weight excluding hydrogens is 586 g/mol. The van der Waals surface area contributed by atoms with Crippen molar-refractivity contribution < 1.29 is 28.0 Å². The Morgan fingerprint density at radius 2 is 1.11 bits per heavy atom. The third kappa shape index (κ3) is 30.9. The van der Waals surface area contributed by atoms with Crippen LogP contribution >= 0.6 is 0 Å². The summed E-state index contributed by atoms with van der Waals surface area (Å²) < 4.78 is 32.2. The van der Waals surface area contributed by atoms with Crippen LogP contribution in [0.4, 0.5) is 0 Å². The number of aliphatic hydroxyl groups is 2. The van der Waals surface area contributed by atoms with Crippen molar-refractivity contribution in [1.82, 2.24) is 5.32 Å². The lowest BCUT2D eigenvalue weighted by molar-refractivity contribution is -0.130.